The lowest BCUT2D eigenvalue weighted by Crippen LogP contribution is -2.45. The van der Waals surface area contributed by atoms with E-state index in [2.05, 4.69) is 60.0 Å². The molecule has 1 atom stereocenters. The average molecular weight is 419 g/mol. The van der Waals surface area contributed by atoms with Crippen LogP contribution in [0.25, 0.3) is 0 Å². The Labute approximate surface area is 149 Å². The molecule has 0 saturated carbocycles. The molecule has 118 valence electrons. The molecule has 3 nitrogen and oxygen atoms in total. The molecular weight excluding hydrogens is 393 g/mol. The topological polar surface area (TPSA) is 36.4 Å². The van der Waals surface area contributed by atoms with E-state index in [0.717, 1.165) is 19.0 Å². The minimum atomic E-state index is 0. The van der Waals surface area contributed by atoms with Gasteiger partial charge in [0.05, 0.1) is 0 Å². The summed E-state index contributed by atoms with van der Waals surface area (Å²) in [6.07, 6.45) is 3.32. The van der Waals surface area contributed by atoms with Crippen LogP contribution in [0.5, 0.6) is 0 Å². The molecular formula is C16H26IN3S. The molecule has 0 amide bonds. The molecule has 5 heteroatoms. The van der Waals surface area contributed by atoms with Crippen molar-refractivity contribution < 1.29 is 0 Å². The standard InChI is InChI=1S/C16H25N3S.HI/c1-16(2,20-4)11-19-15(17-3)18-10-13-9-12-7-5-6-8-14(12)13;/h5-8,13H,9-11H2,1-4H3,(H2,17,18,19);1H. The molecule has 21 heavy (non-hydrogen) atoms. The Balaban J connectivity index is 0.00000220. The van der Waals surface area contributed by atoms with Gasteiger partial charge in [0.25, 0.3) is 0 Å². The number of thioether (sulfide) groups is 1. The van der Waals surface area contributed by atoms with Crippen LogP contribution in [0, 0.1) is 0 Å². The summed E-state index contributed by atoms with van der Waals surface area (Å²) in [4.78, 5) is 4.30. The molecule has 0 aliphatic heterocycles. The van der Waals surface area contributed by atoms with E-state index >= 15 is 0 Å². The summed E-state index contributed by atoms with van der Waals surface area (Å²) < 4.78 is 0.223. The van der Waals surface area contributed by atoms with Crippen LogP contribution in [0.15, 0.2) is 29.3 Å². The zero-order valence-electron chi connectivity index (χ0n) is 13.3. The van der Waals surface area contributed by atoms with E-state index in [1.165, 1.54) is 17.5 Å². The first kappa shape index (κ1) is 18.6. The fourth-order valence-electron chi connectivity index (χ4n) is 2.35. The number of nitrogens with one attached hydrogen (secondary N) is 2. The molecule has 1 aromatic carbocycles. The molecule has 0 saturated heterocycles. The van der Waals surface area contributed by atoms with Gasteiger partial charge in [-0.3, -0.25) is 4.99 Å². The van der Waals surface area contributed by atoms with E-state index in [0.29, 0.717) is 5.92 Å². The summed E-state index contributed by atoms with van der Waals surface area (Å²) in [6, 6.07) is 8.70. The molecule has 1 aliphatic rings. The molecule has 0 aromatic heterocycles. The highest BCUT2D eigenvalue weighted by molar-refractivity contribution is 14.0. The van der Waals surface area contributed by atoms with Crippen molar-refractivity contribution in [1.29, 1.82) is 0 Å². The van der Waals surface area contributed by atoms with Crippen LogP contribution in [0.3, 0.4) is 0 Å². The van der Waals surface area contributed by atoms with Crippen LogP contribution in [0.1, 0.15) is 30.9 Å². The average Bonchev–Trinajstić information content (AvgIpc) is 2.43. The lowest BCUT2D eigenvalue weighted by molar-refractivity contribution is 0.579. The summed E-state index contributed by atoms with van der Waals surface area (Å²) in [5.41, 5.74) is 2.98. The van der Waals surface area contributed by atoms with Gasteiger partial charge in [0.15, 0.2) is 5.96 Å². The zero-order chi connectivity index (χ0) is 14.6. The van der Waals surface area contributed by atoms with Gasteiger partial charge in [-0.1, -0.05) is 24.3 Å². The van der Waals surface area contributed by atoms with Gasteiger partial charge in [0, 0.05) is 30.8 Å². The number of benzene rings is 1. The summed E-state index contributed by atoms with van der Waals surface area (Å²) in [5, 5.41) is 6.84. The number of hydrogen-bond donors (Lipinski definition) is 2. The van der Waals surface area contributed by atoms with Crippen molar-refractivity contribution in [3.63, 3.8) is 0 Å². The van der Waals surface area contributed by atoms with Crippen LogP contribution in [0.2, 0.25) is 0 Å². The third kappa shape index (κ3) is 5.06. The SMILES string of the molecule is CN=C(NCC1Cc2ccccc21)NCC(C)(C)SC.I. The molecule has 0 spiro atoms. The summed E-state index contributed by atoms with van der Waals surface area (Å²) in [5.74, 6) is 1.52. The van der Waals surface area contributed by atoms with Crippen molar-refractivity contribution in [3.8, 4) is 0 Å². The Bertz CT molecular complexity index is 488. The fraction of sp³-hybridized carbons (Fsp3) is 0.562. The first-order chi connectivity index (χ1) is 9.55. The predicted molar refractivity (Wildman–Crippen MR) is 105 cm³/mol. The minimum absolute atomic E-state index is 0. The second kappa shape index (κ2) is 8.27. The van der Waals surface area contributed by atoms with Crippen LogP contribution < -0.4 is 10.6 Å². The Kier molecular flexibility index (Phi) is 7.33. The van der Waals surface area contributed by atoms with Gasteiger partial charge in [-0.05, 0) is 37.7 Å². The maximum absolute atomic E-state index is 4.30. The van der Waals surface area contributed by atoms with Crippen molar-refractivity contribution in [2.75, 3.05) is 26.4 Å². The van der Waals surface area contributed by atoms with Crippen molar-refractivity contribution in [2.24, 2.45) is 4.99 Å². The number of rotatable bonds is 5. The van der Waals surface area contributed by atoms with Gasteiger partial charge in [-0.25, -0.2) is 0 Å². The molecule has 0 fully saturated rings. The molecule has 0 bridgehead atoms. The van der Waals surface area contributed by atoms with E-state index < -0.39 is 0 Å². The van der Waals surface area contributed by atoms with Gasteiger partial charge in [0.1, 0.15) is 0 Å². The molecule has 2 N–H and O–H groups in total. The van der Waals surface area contributed by atoms with Crippen LogP contribution in [0.4, 0.5) is 0 Å². The monoisotopic (exact) mass is 419 g/mol. The van der Waals surface area contributed by atoms with Gasteiger partial charge in [0.2, 0.25) is 0 Å². The van der Waals surface area contributed by atoms with Gasteiger partial charge >= 0.3 is 0 Å². The molecule has 1 aromatic rings. The number of halogens is 1. The van der Waals surface area contributed by atoms with Gasteiger partial charge in [-0.15, -0.1) is 24.0 Å². The second-order valence-electron chi connectivity index (χ2n) is 5.87. The van der Waals surface area contributed by atoms with Crippen molar-refractivity contribution in [3.05, 3.63) is 35.4 Å². The first-order valence-electron chi connectivity index (χ1n) is 7.13. The van der Waals surface area contributed by atoms with Crippen molar-refractivity contribution >= 4 is 41.7 Å². The van der Waals surface area contributed by atoms with E-state index in [4.69, 9.17) is 0 Å². The molecule has 1 unspecified atom stereocenters. The number of aliphatic imine (C=N–C) groups is 1. The molecule has 0 radical (unpaired) electrons. The smallest absolute Gasteiger partial charge is 0.191 e. The Morgan fingerprint density at radius 3 is 2.67 bits per heavy atom. The third-order valence-electron chi connectivity index (χ3n) is 3.93. The predicted octanol–water partition coefficient (Wildman–Crippen LogP) is 3.25. The normalized spacial score (nSPS) is 17.3. The maximum Gasteiger partial charge on any atom is 0.191 e. The van der Waals surface area contributed by atoms with Gasteiger partial charge in [-0.2, -0.15) is 11.8 Å². The van der Waals surface area contributed by atoms with E-state index in [9.17, 15) is 0 Å². The van der Waals surface area contributed by atoms with Crippen LogP contribution in [-0.4, -0.2) is 37.1 Å². The summed E-state index contributed by atoms with van der Waals surface area (Å²) in [6.45, 7) is 6.34. The zero-order valence-corrected chi connectivity index (χ0v) is 16.4. The number of hydrogen-bond acceptors (Lipinski definition) is 2. The molecule has 0 heterocycles. The number of guanidine groups is 1. The molecule has 1 aliphatic carbocycles. The quantitative estimate of drug-likeness (QED) is 0.437. The van der Waals surface area contributed by atoms with E-state index in [1.54, 1.807) is 0 Å². The van der Waals surface area contributed by atoms with Gasteiger partial charge < -0.3 is 10.6 Å². The lowest BCUT2D eigenvalue weighted by Gasteiger charge is -2.31. The highest BCUT2D eigenvalue weighted by atomic mass is 127. The van der Waals surface area contributed by atoms with Crippen molar-refractivity contribution in [1.82, 2.24) is 10.6 Å². The third-order valence-corrected chi connectivity index (χ3v) is 5.18. The summed E-state index contributed by atoms with van der Waals surface area (Å²) >= 11 is 1.87. The van der Waals surface area contributed by atoms with Crippen LogP contribution >= 0.6 is 35.7 Å². The Morgan fingerprint density at radius 1 is 1.33 bits per heavy atom. The number of nitrogens with zero attached hydrogens (tertiary/aromatic N) is 1. The minimum Gasteiger partial charge on any atom is -0.356 e. The van der Waals surface area contributed by atoms with Crippen LogP contribution in [-0.2, 0) is 6.42 Å². The van der Waals surface area contributed by atoms with E-state index in [-0.39, 0.29) is 28.7 Å². The highest BCUT2D eigenvalue weighted by Gasteiger charge is 2.25. The van der Waals surface area contributed by atoms with E-state index in [1.807, 2.05) is 18.8 Å². The Morgan fingerprint density at radius 2 is 2.05 bits per heavy atom. The highest BCUT2D eigenvalue weighted by Crippen LogP contribution is 2.33. The fourth-order valence-corrected chi connectivity index (χ4v) is 2.57. The maximum atomic E-state index is 4.30. The van der Waals surface area contributed by atoms with Crippen molar-refractivity contribution in [2.45, 2.75) is 30.9 Å². The molecule has 2 rings (SSSR count). The second-order valence-corrected chi connectivity index (χ2v) is 7.38. The largest absolute Gasteiger partial charge is 0.356 e. The lowest BCUT2D eigenvalue weighted by atomic mass is 9.78. The number of fused-ring (bicyclic) bond motifs is 1. The summed E-state index contributed by atoms with van der Waals surface area (Å²) in [7, 11) is 1.83. The first-order valence-corrected chi connectivity index (χ1v) is 8.35. The Hall–Kier alpha value is -0.430.